The number of nitrogens with zero attached hydrogens (tertiary/aromatic N) is 1. The Morgan fingerprint density at radius 3 is 2.15 bits per heavy atom. The van der Waals surface area contributed by atoms with Crippen LogP contribution in [0.4, 0.5) is 8.78 Å². The van der Waals surface area contributed by atoms with Gasteiger partial charge in [0.2, 0.25) is 0 Å². The zero-order valence-electron chi connectivity index (χ0n) is 11.8. The minimum Gasteiger partial charge on any atom is -0.383 e. The van der Waals surface area contributed by atoms with Gasteiger partial charge in [0.15, 0.2) is 0 Å². The van der Waals surface area contributed by atoms with Gasteiger partial charge in [0, 0.05) is 34.4 Å². The van der Waals surface area contributed by atoms with Crippen LogP contribution in [0.15, 0.2) is 0 Å². The van der Waals surface area contributed by atoms with E-state index < -0.39 is 28.2 Å². The highest BCUT2D eigenvalue weighted by atomic mass is 32.2. The average molecular weight is 309 g/mol. The van der Waals surface area contributed by atoms with E-state index in [2.05, 4.69) is 0 Å². The Bertz CT molecular complexity index is 410. The molecule has 3 atom stereocenters. The zero-order chi connectivity index (χ0) is 15.1. The summed E-state index contributed by atoms with van der Waals surface area (Å²) in [6.07, 6.45) is 0.930. The second-order valence-corrected chi connectivity index (χ2v) is 8.24. The average Bonchev–Trinajstić information content (AvgIpc) is 2.83. The van der Waals surface area contributed by atoms with Crippen LogP contribution >= 0.6 is 0 Å². The lowest BCUT2D eigenvalue weighted by Crippen LogP contribution is -2.60. The van der Waals surface area contributed by atoms with Gasteiger partial charge in [0.25, 0.3) is 5.91 Å². The van der Waals surface area contributed by atoms with Gasteiger partial charge in [-0.1, -0.05) is 12.8 Å². The highest BCUT2D eigenvalue weighted by Gasteiger charge is 2.60. The summed E-state index contributed by atoms with van der Waals surface area (Å²) in [5.41, 5.74) is -2.22. The van der Waals surface area contributed by atoms with Crippen LogP contribution in [-0.4, -0.2) is 55.2 Å². The van der Waals surface area contributed by atoms with Crippen LogP contribution in [0.1, 0.15) is 39.5 Å². The molecule has 1 saturated carbocycles. The van der Waals surface area contributed by atoms with Crippen LogP contribution in [0, 0.1) is 0 Å². The number of alkyl halides is 2. The number of hydrogen-bond acceptors (Lipinski definition) is 3. The van der Waals surface area contributed by atoms with Crippen LogP contribution in [0.2, 0.25) is 0 Å². The van der Waals surface area contributed by atoms with Crippen molar-refractivity contribution in [3.05, 3.63) is 0 Å². The van der Waals surface area contributed by atoms with Gasteiger partial charge in [-0.2, -0.15) is 8.78 Å². The summed E-state index contributed by atoms with van der Waals surface area (Å²) < 4.78 is 40.4. The van der Waals surface area contributed by atoms with Crippen molar-refractivity contribution in [2.24, 2.45) is 0 Å². The maximum atomic E-state index is 14.3. The molecule has 0 spiro atoms. The maximum absolute atomic E-state index is 14.3. The zero-order valence-corrected chi connectivity index (χ0v) is 12.6. The predicted octanol–water partition coefficient (Wildman–Crippen LogP) is 1.29. The first kappa shape index (κ1) is 15.8. The number of carbonyl (C=O) groups excluding carboxylic acids is 1. The van der Waals surface area contributed by atoms with E-state index in [0.717, 1.165) is 4.90 Å². The van der Waals surface area contributed by atoms with Crippen LogP contribution in [0.3, 0.4) is 0 Å². The van der Waals surface area contributed by atoms with Crippen LogP contribution in [0.5, 0.6) is 0 Å². The standard InChI is InChI=1S/C13H21F2NO3S/c1-9-7-16(8-10(2)20(9)19)11(17)13(14,15)12(18)5-3-4-6-12/h9-10,18H,3-8H2,1-2H3/t9-,10+,20?. The lowest BCUT2D eigenvalue weighted by atomic mass is 9.92. The number of hydrogen-bond donors (Lipinski definition) is 1. The number of amides is 1. The predicted molar refractivity (Wildman–Crippen MR) is 72.0 cm³/mol. The molecule has 2 aliphatic rings. The van der Waals surface area contributed by atoms with Crippen LogP contribution in [0.25, 0.3) is 0 Å². The molecule has 20 heavy (non-hydrogen) atoms. The first-order chi connectivity index (χ1) is 9.19. The fourth-order valence-corrected chi connectivity index (χ4v) is 4.52. The van der Waals surface area contributed by atoms with Gasteiger partial charge in [-0.25, -0.2) is 0 Å². The summed E-state index contributed by atoms with van der Waals surface area (Å²) in [5.74, 6) is -5.08. The SMILES string of the molecule is C[C@@H]1CN(C(=O)C(F)(F)C2(O)CCCC2)C[C@H](C)S1=O. The molecule has 0 bridgehead atoms. The van der Waals surface area contributed by atoms with Gasteiger partial charge in [-0.05, 0) is 26.7 Å². The molecule has 1 saturated heterocycles. The van der Waals surface area contributed by atoms with Crippen molar-refractivity contribution < 1.29 is 22.9 Å². The first-order valence-electron chi connectivity index (χ1n) is 6.98. The van der Waals surface area contributed by atoms with Crippen molar-refractivity contribution in [2.75, 3.05) is 13.1 Å². The van der Waals surface area contributed by atoms with Crippen molar-refractivity contribution >= 4 is 16.7 Å². The smallest absolute Gasteiger partial charge is 0.352 e. The molecular weight excluding hydrogens is 288 g/mol. The molecule has 116 valence electrons. The third-order valence-corrected chi connectivity index (χ3v) is 6.20. The number of carbonyl (C=O) groups is 1. The third kappa shape index (κ3) is 2.50. The van der Waals surface area contributed by atoms with E-state index in [9.17, 15) is 22.9 Å². The van der Waals surface area contributed by atoms with Gasteiger partial charge >= 0.3 is 5.92 Å². The second-order valence-electron chi connectivity index (χ2n) is 5.97. The molecule has 1 unspecified atom stereocenters. The van der Waals surface area contributed by atoms with Crippen LogP contribution < -0.4 is 0 Å². The van der Waals surface area contributed by atoms with E-state index in [0.29, 0.717) is 12.8 Å². The van der Waals surface area contributed by atoms with Crippen molar-refractivity contribution in [1.29, 1.82) is 0 Å². The molecule has 0 aromatic rings. The second kappa shape index (κ2) is 5.33. The Morgan fingerprint density at radius 1 is 1.25 bits per heavy atom. The summed E-state index contributed by atoms with van der Waals surface area (Å²) >= 11 is 0. The molecule has 1 N–H and O–H groups in total. The van der Waals surface area contributed by atoms with Crippen molar-refractivity contribution in [3.8, 4) is 0 Å². The molecule has 1 heterocycles. The minimum absolute atomic E-state index is 0.0450. The van der Waals surface area contributed by atoms with E-state index in [1.807, 2.05) is 0 Å². The summed E-state index contributed by atoms with van der Waals surface area (Å²) in [6, 6.07) is 0. The lowest BCUT2D eigenvalue weighted by molar-refractivity contribution is -0.200. The number of halogens is 2. The Balaban J connectivity index is 2.16. The Hall–Kier alpha value is -0.560. The Kier molecular flexibility index (Phi) is 4.22. The molecule has 1 aliphatic carbocycles. The van der Waals surface area contributed by atoms with Gasteiger partial charge in [0.1, 0.15) is 5.60 Å². The van der Waals surface area contributed by atoms with E-state index in [4.69, 9.17) is 0 Å². The van der Waals surface area contributed by atoms with Gasteiger partial charge < -0.3 is 10.0 Å². The normalized spacial score (nSPS) is 34.2. The first-order valence-corrected chi connectivity index (χ1v) is 8.25. The molecule has 0 aromatic carbocycles. The third-order valence-electron chi connectivity index (χ3n) is 4.32. The summed E-state index contributed by atoms with van der Waals surface area (Å²) in [5, 5.41) is 9.40. The van der Waals surface area contributed by atoms with E-state index in [1.165, 1.54) is 0 Å². The van der Waals surface area contributed by atoms with E-state index >= 15 is 0 Å². The van der Waals surface area contributed by atoms with Crippen molar-refractivity contribution in [1.82, 2.24) is 4.90 Å². The summed E-state index contributed by atoms with van der Waals surface area (Å²) in [7, 11) is -1.11. The molecule has 2 fully saturated rings. The molecule has 7 heteroatoms. The largest absolute Gasteiger partial charge is 0.383 e. The quantitative estimate of drug-likeness (QED) is 0.836. The van der Waals surface area contributed by atoms with E-state index in [1.54, 1.807) is 13.8 Å². The highest BCUT2D eigenvalue weighted by molar-refractivity contribution is 7.86. The van der Waals surface area contributed by atoms with Crippen molar-refractivity contribution in [3.63, 3.8) is 0 Å². The van der Waals surface area contributed by atoms with Gasteiger partial charge in [-0.15, -0.1) is 0 Å². The molecule has 1 aliphatic heterocycles. The Morgan fingerprint density at radius 2 is 1.70 bits per heavy atom. The molecule has 2 rings (SSSR count). The lowest BCUT2D eigenvalue weighted by Gasteiger charge is -2.39. The molecule has 0 radical (unpaired) electrons. The van der Waals surface area contributed by atoms with Gasteiger partial charge in [0.05, 0.1) is 0 Å². The molecule has 0 aromatic heterocycles. The van der Waals surface area contributed by atoms with E-state index in [-0.39, 0.29) is 36.4 Å². The monoisotopic (exact) mass is 309 g/mol. The fourth-order valence-electron chi connectivity index (χ4n) is 3.08. The molecule has 1 amide bonds. The number of aliphatic hydroxyl groups is 1. The molecular formula is C13H21F2NO3S. The number of rotatable bonds is 2. The molecule has 4 nitrogen and oxygen atoms in total. The van der Waals surface area contributed by atoms with Crippen molar-refractivity contribution in [2.45, 2.75) is 61.6 Å². The Labute approximate surface area is 120 Å². The minimum atomic E-state index is -3.76. The topological polar surface area (TPSA) is 57.6 Å². The van der Waals surface area contributed by atoms with Gasteiger partial charge in [-0.3, -0.25) is 9.00 Å². The summed E-state index contributed by atoms with van der Waals surface area (Å²) in [4.78, 5) is 13.2. The highest BCUT2D eigenvalue weighted by Crippen LogP contribution is 2.43. The van der Waals surface area contributed by atoms with Crippen LogP contribution in [-0.2, 0) is 15.6 Å². The fraction of sp³-hybridized carbons (Fsp3) is 0.923. The maximum Gasteiger partial charge on any atom is 0.352 e. The summed E-state index contributed by atoms with van der Waals surface area (Å²) in [6.45, 7) is 3.49.